The van der Waals surface area contributed by atoms with Crippen LogP contribution in [0.4, 0.5) is 0 Å². The molecular formula is C19H23N. The number of aromatic nitrogens is 1. The second kappa shape index (κ2) is 5.70. The van der Waals surface area contributed by atoms with Gasteiger partial charge in [0, 0.05) is 28.4 Å². The van der Waals surface area contributed by atoms with Crippen molar-refractivity contribution in [2.45, 2.75) is 39.7 Å². The van der Waals surface area contributed by atoms with E-state index < -0.39 is 0 Å². The Morgan fingerprint density at radius 1 is 0.900 bits per heavy atom. The zero-order chi connectivity index (χ0) is 13.9. The van der Waals surface area contributed by atoms with E-state index in [1.54, 1.807) is 0 Å². The van der Waals surface area contributed by atoms with E-state index in [2.05, 4.69) is 66.9 Å². The topological polar surface area (TPSA) is 4.93 Å². The summed E-state index contributed by atoms with van der Waals surface area (Å²) >= 11 is 0. The first-order valence-corrected chi connectivity index (χ1v) is 7.77. The average Bonchev–Trinajstić information content (AvgIpc) is 2.82. The minimum absolute atomic E-state index is 0.836. The van der Waals surface area contributed by atoms with Gasteiger partial charge in [-0.1, -0.05) is 56.7 Å². The van der Waals surface area contributed by atoms with E-state index in [4.69, 9.17) is 0 Å². The molecule has 0 aliphatic rings. The summed E-state index contributed by atoms with van der Waals surface area (Å²) in [6.07, 6.45) is 3.86. The van der Waals surface area contributed by atoms with E-state index >= 15 is 0 Å². The molecule has 3 rings (SSSR count). The van der Waals surface area contributed by atoms with E-state index in [1.165, 1.54) is 41.1 Å². The van der Waals surface area contributed by atoms with Gasteiger partial charge in [-0.15, -0.1) is 0 Å². The molecule has 0 spiro atoms. The molecule has 0 saturated carbocycles. The van der Waals surface area contributed by atoms with Gasteiger partial charge in [0.05, 0.1) is 0 Å². The summed E-state index contributed by atoms with van der Waals surface area (Å²) in [5.74, 6) is 0.836. The van der Waals surface area contributed by atoms with Crippen molar-refractivity contribution in [2.75, 3.05) is 0 Å². The second-order valence-electron chi connectivity index (χ2n) is 5.84. The van der Waals surface area contributed by atoms with Gasteiger partial charge in [0.2, 0.25) is 0 Å². The van der Waals surface area contributed by atoms with Crippen molar-refractivity contribution in [3.05, 3.63) is 48.5 Å². The molecule has 1 heteroatoms. The molecule has 0 radical (unpaired) electrons. The predicted molar refractivity (Wildman–Crippen MR) is 88.1 cm³/mol. The molecule has 1 aromatic heterocycles. The van der Waals surface area contributed by atoms with Crippen molar-refractivity contribution in [3.63, 3.8) is 0 Å². The fourth-order valence-corrected chi connectivity index (χ4v) is 3.05. The summed E-state index contributed by atoms with van der Waals surface area (Å²) in [6, 6.07) is 17.5. The highest BCUT2D eigenvalue weighted by Crippen LogP contribution is 2.29. The Labute approximate surface area is 121 Å². The summed E-state index contributed by atoms with van der Waals surface area (Å²) in [5, 5.41) is 2.76. The highest BCUT2D eigenvalue weighted by atomic mass is 15.0. The van der Waals surface area contributed by atoms with Crippen LogP contribution in [0.1, 0.15) is 33.1 Å². The third-order valence-electron chi connectivity index (χ3n) is 4.46. The molecule has 3 aromatic rings. The monoisotopic (exact) mass is 265 g/mol. The van der Waals surface area contributed by atoms with Crippen LogP contribution in [0.15, 0.2) is 48.5 Å². The van der Waals surface area contributed by atoms with Crippen molar-refractivity contribution in [1.82, 2.24) is 4.57 Å². The van der Waals surface area contributed by atoms with Crippen LogP contribution >= 0.6 is 0 Å². The molecule has 104 valence electrons. The first-order valence-electron chi connectivity index (χ1n) is 7.77. The Hall–Kier alpha value is -1.76. The number of hydrogen-bond acceptors (Lipinski definition) is 0. The van der Waals surface area contributed by atoms with Gasteiger partial charge < -0.3 is 4.57 Å². The highest BCUT2D eigenvalue weighted by molar-refractivity contribution is 6.07. The Morgan fingerprint density at radius 3 is 2.00 bits per heavy atom. The van der Waals surface area contributed by atoms with E-state index in [0.29, 0.717) is 0 Å². The maximum atomic E-state index is 2.49. The van der Waals surface area contributed by atoms with Crippen LogP contribution in [0.25, 0.3) is 21.8 Å². The molecule has 0 saturated heterocycles. The summed E-state index contributed by atoms with van der Waals surface area (Å²) < 4.78 is 2.49. The molecule has 1 nitrogen and oxygen atoms in total. The maximum absolute atomic E-state index is 2.49. The van der Waals surface area contributed by atoms with E-state index in [0.717, 1.165) is 12.5 Å². The lowest BCUT2D eigenvalue weighted by Gasteiger charge is -2.10. The van der Waals surface area contributed by atoms with Gasteiger partial charge in [0.25, 0.3) is 0 Å². The Morgan fingerprint density at radius 2 is 1.45 bits per heavy atom. The zero-order valence-corrected chi connectivity index (χ0v) is 12.5. The van der Waals surface area contributed by atoms with Crippen molar-refractivity contribution in [2.24, 2.45) is 5.92 Å². The third kappa shape index (κ3) is 2.33. The van der Waals surface area contributed by atoms with E-state index in [-0.39, 0.29) is 0 Å². The first-order chi connectivity index (χ1) is 9.81. The predicted octanol–water partition coefficient (Wildman–Crippen LogP) is 5.62. The smallest absolute Gasteiger partial charge is 0.0491 e. The van der Waals surface area contributed by atoms with Crippen LogP contribution in [0, 0.1) is 5.92 Å². The standard InChI is InChI=1S/C19H23N/c1-3-15(2)9-8-14-20-18-12-6-4-10-16(18)17-11-5-7-13-19(17)20/h4-7,10-13,15H,3,8-9,14H2,1-2H3. The van der Waals surface area contributed by atoms with Gasteiger partial charge in [-0.25, -0.2) is 0 Å². The van der Waals surface area contributed by atoms with Crippen molar-refractivity contribution < 1.29 is 0 Å². The summed E-state index contributed by atoms with van der Waals surface area (Å²) in [5.41, 5.74) is 2.75. The van der Waals surface area contributed by atoms with Crippen LogP contribution in [0.3, 0.4) is 0 Å². The normalized spacial score (nSPS) is 13.1. The molecule has 0 amide bonds. The van der Waals surface area contributed by atoms with Gasteiger partial charge in [-0.2, -0.15) is 0 Å². The number of rotatable bonds is 5. The summed E-state index contributed by atoms with van der Waals surface area (Å²) in [4.78, 5) is 0. The van der Waals surface area contributed by atoms with Gasteiger partial charge in [-0.3, -0.25) is 0 Å². The van der Waals surface area contributed by atoms with Crippen molar-refractivity contribution in [1.29, 1.82) is 0 Å². The quantitative estimate of drug-likeness (QED) is 0.564. The van der Waals surface area contributed by atoms with Crippen LogP contribution in [-0.2, 0) is 6.54 Å². The average molecular weight is 265 g/mol. The number of aryl methyl sites for hydroxylation is 1. The second-order valence-corrected chi connectivity index (χ2v) is 5.84. The molecule has 0 aliphatic heterocycles. The van der Waals surface area contributed by atoms with Gasteiger partial charge in [-0.05, 0) is 30.9 Å². The summed E-state index contributed by atoms with van der Waals surface area (Å²) in [6.45, 7) is 5.76. The van der Waals surface area contributed by atoms with Crippen LogP contribution in [0.2, 0.25) is 0 Å². The lowest BCUT2D eigenvalue weighted by atomic mass is 10.0. The highest BCUT2D eigenvalue weighted by Gasteiger charge is 2.09. The lowest BCUT2D eigenvalue weighted by Crippen LogP contribution is -2.00. The maximum Gasteiger partial charge on any atom is 0.0491 e. The van der Waals surface area contributed by atoms with Gasteiger partial charge in [0.15, 0.2) is 0 Å². The van der Waals surface area contributed by atoms with Crippen LogP contribution in [-0.4, -0.2) is 4.57 Å². The Kier molecular flexibility index (Phi) is 3.77. The minimum Gasteiger partial charge on any atom is -0.340 e. The zero-order valence-electron chi connectivity index (χ0n) is 12.5. The number of hydrogen-bond donors (Lipinski definition) is 0. The van der Waals surface area contributed by atoms with Crippen LogP contribution < -0.4 is 0 Å². The fourth-order valence-electron chi connectivity index (χ4n) is 3.05. The van der Waals surface area contributed by atoms with E-state index in [1.807, 2.05) is 0 Å². The SMILES string of the molecule is CCC(C)CCCn1c2ccccc2c2ccccc21. The first kappa shape index (κ1) is 13.2. The third-order valence-corrected chi connectivity index (χ3v) is 4.46. The molecule has 0 aliphatic carbocycles. The number of fused-ring (bicyclic) bond motifs is 3. The Balaban J connectivity index is 1.99. The summed E-state index contributed by atoms with van der Waals surface area (Å²) in [7, 11) is 0. The van der Waals surface area contributed by atoms with Crippen molar-refractivity contribution in [3.8, 4) is 0 Å². The number of para-hydroxylation sites is 2. The largest absolute Gasteiger partial charge is 0.340 e. The van der Waals surface area contributed by atoms with E-state index in [9.17, 15) is 0 Å². The Bertz CT molecular complexity index is 655. The number of nitrogens with zero attached hydrogens (tertiary/aromatic N) is 1. The minimum atomic E-state index is 0.836. The van der Waals surface area contributed by atoms with Gasteiger partial charge in [0.1, 0.15) is 0 Å². The molecule has 2 aromatic carbocycles. The molecule has 20 heavy (non-hydrogen) atoms. The van der Waals surface area contributed by atoms with Crippen LogP contribution in [0.5, 0.6) is 0 Å². The molecule has 1 atom stereocenters. The molecule has 1 heterocycles. The molecular weight excluding hydrogens is 242 g/mol. The van der Waals surface area contributed by atoms with Gasteiger partial charge >= 0.3 is 0 Å². The molecule has 0 fully saturated rings. The van der Waals surface area contributed by atoms with Crippen molar-refractivity contribution >= 4 is 21.8 Å². The number of benzene rings is 2. The molecule has 0 N–H and O–H groups in total. The molecule has 1 unspecified atom stereocenters. The fraction of sp³-hybridized carbons (Fsp3) is 0.368. The molecule has 0 bridgehead atoms. The lowest BCUT2D eigenvalue weighted by molar-refractivity contribution is 0.474.